The molecule has 1 amide bonds. The average Bonchev–Trinajstić information content (AvgIpc) is 2.85. The van der Waals surface area contributed by atoms with Crippen molar-refractivity contribution < 1.29 is 9.18 Å². The Morgan fingerprint density at radius 2 is 1.92 bits per heavy atom. The van der Waals surface area contributed by atoms with Crippen molar-refractivity contribution in [1.82, 2.24) is 9.88 Å². The highest BCUT2D eigenvalue weighted by Crippen LogP contribution is 2.19. The second kappa shape index (κ2) is 9.12. The molecule has 3 rings (SSSR count). The van der Waals surface area contributed by atoms with Crippen molar-refractivity contribution in [2.75, 3.05) is 0 Å². The third kappa shape index (κ3) is 4.81. The van der Waals surface area contributed by atoms with Crippen LogP contribution in [0, 0.1) is 5.82 Å². The van der Waals surface area contributed by atoms with Gasteiger partial charge >= 0.3 is 0 Å². The lowest BCUT2D eigenvalue weighted by Gasteiger charge is -2.10. The molecule has 1 heterocycles. The number of rotatable bonds is 5. The van der Waals surface area contributed by atoms with Crippen LogP contribution >= 0.6 is 11.3 Å². The number of aromatic nitrogens is 1. The van der Waals surface area contributed by atoms with Crippen molar-refractivity contribution in [3.8, 4) is 0 Å². The minimum atomic E-state index is -0.340. The molecular weight excluding hydrogens is 349 g/mol. The highest BCUT2D eigenvalue weighted by atomic mass is 32.1. The van der Waals surface area contributed by atoms with Crippen LogP contribution in [0.5, 0.6) is 0 Å². The smallest absolute Gasteiger partial charge is 0.251 e. The van der Waals surface area contributed by atoms with Gasteiger partial charge in [0.15, 0.2) is 4.80 Å². The fourth-order valence-electron chi connectivity index (χ4n) is 3.36. The number of nitrogens with one attached hydrogen (secondary N) is 1. The molecular formula is C20H26FN3OS. The van der Waals surface area contributed by atoms with Crippen LogP contribution in [0.3, 0.4) is 0 Å². The second-order valence-electron chi connectivity index (χ2n) is 6.72. The molecule has 1 aromatic carbocycles. The summed E-state index contributed by atoms with van der Waals surface area (Å²) >= 11 is 1.65. The van der Waals surface area contributed by atoms with Gasteiger partial charge in [0.05, 0.1) is 12.6 Å². The molecule has 6 heteroatoms. The Balaban J connectivity index is 1.69. The average molecular weight is 376 g/mol. The molecule has 0 saturated heterocycles. The van der Waals surface area contributed by atoms with E-state index in [-0.39, 0.29) is 11.7 Å². The van der Waals surface area contributed by atoms with Gasteiger partial charge in [-0.2, -0.15) is 0 Å². The molecule has 1 N–H and O–H groups in total. The zero-order valence-corrected chi connectivity index (χ0v) is 16.0. The van der Waals surface area contributed by atoms with Gasteiger partial charge in [0.25, 0.3) is 5.91 Å². The molecule has 1 aliphatic rings. The van der Waals surface area contributed by atoms with Crippen molar-refractivity contribution in [3.63, 3.8) is 0 Å². The van der Waals surface area contributed by atoms with Gasteiger partial charge in [-0.25, -0.2) is 4.39 Å². The van der Waals surface area contributed by atoms with Crippen molar-refractivity contribution in [2.24, 2.45) is 4.99 Å². The number of halogens is 1. The zero-order valence-electron chi connectivity index (χ0n) is 15.2. The summed E-state index contributed by atoms with van der Waals surface area (Å²) in [6, 6.07) is 6.03. The van der Waals surface area contributed by atoms with Crippen molar-refractivity contribution in [2.45, 2.75) is 64.6 Å². The van der Waals surface area contributed by atoms with E-state index < -0.39 is 0 Å². The summed E-state index contributed by atoms with van der Waals surface area (Å²) in [6.45, 7) is 3.38. The minimum absolute atomic E-state index is 0.193. The van der Waals surface area contributed by atoms with Crippen molar-refractivity contribution >= 4 is 17.2 Å². The predicted octanol–water partition coefficient (Wildman–Crippen LogP) is 4.26. The van der Waals surface area contributed by atoms with E-state index in [0.29, 0.717) is 18.2 Å². The van der Waals surface area contributed by atoms with Crippen LogP contribution in [0.15, 0.2) is 34.6 Å². The summed E-state index contributed by atoms with van der Waals surface area (Å²) in [5.41, 5.74) is 1.52. The summed E-state index contributed by atoms with van der Waals surface area (Å²) in [5, 5.41) is 4.99. The molecule has 0 radical (unpaired) electrons. The van der Waals surface area contributed by atoms with E-state index in [2.05, 4.69) is 22.2 Å². The van der Waals surface area contributed by atoms with Gasteiger partial charge in [0, 0.05) is 23.2 Å². The van der Waals surface area contributed by atoms with Crippen LogP contribution in [-0.4, -0.2) is 16.5 Å². The maximum atomic E-state index is 13.0. The summed E-state index contributed by atoms with van der Waals surface area (Å²) < 4.78 is 15.2. The molecule has 26 heavy (non-hydrogen) atoms. The highest BCUT2D eigenvalue weighted by molar-refractivity contribution is 7.07. The largest absolute Gasteiger partial charge is 0.346 e. The van der Waals surface area contributed by atoms with Gasteiger partial charge in [0.2, 0.25) is 0 Å². The first-order chi connectivity index (χ1) is 12.7. The third-order valence-corrected chi connectivity index (χ3v) is 5.77. The van der Waals surface area contributed by atoms with Gasteiger partial charge in [-0.05, 0) is 44.0 Å². The van der Waals surface area contributed by atoms with E-state index in [0.717, 1.165) is 17.0 Å². The number of amides is 1. The molecule has 1 aromatic heterocycles. The molecule has 1 aliphatic carbocycles. The monoisotopic (exact) mass is 375 g/mol. The Bertz CT molecular complexity index is 786. The standard InChI is InChI=1S/C20H26FN3OS/c1-2-24-18(13-22-19(25)15-9-11-16(21)12-10-15)14-26-20(24)23-17-7-5-3-4-6-8-17/h9-12,14,17H,2-8,13H2,1H3,(H,22,25). The Morgan fingerprint density at radius 3 is 2.58 bits per heavy atom. The van der Waals surface area contributed by atoms with Crippen LogP contribution in [0.4, 0.5) is 4.39 Å². The first-order valence-corrected chi connectivity index (χ1v) is 10.3. The molecule has 0 unspecified atom stereocenters. The van der Waals surface area contributed by atoms with E-state index in [1.54, 1.807) is 11.3 Å². The van der Waals surface area contributed by atoms with Crippen LogP contribution in [-0.2, 0) is 13.1 Å². The lowest BCUT2D eigenvalue weighted by molar-refractivity contribution is 0.0950. The SMILES string of the molecule is CCn1c(CNC(=O)c2ccc(F)cc2)csc1=NC1CCCCCC1. The zero-order chi connectivity index (χ0) is 18.4. The van der Waals surface area contributed by atoms with E-state index in [9.17, 15) is 9.18 Å². The Morgan fingerprint density at radius 1 is 1.23 bits per heavy atom. The number of carbonyl (C=O) groups excluding carboxylic acids is 1. The van der Waals surface area contributed by atoms with Gasteiger partial charge in [-0.3, -0.25) is 9.79 Å². The van der Waals surface area contributed by atoms with Crippen LogP contribution in [0.25, 0.3) is 0 Å². The Labute approximate surface area is 157 Å². The number of hydrogen-bond donors (Lipinski definition) is 1. The van der Waals surface area contributed by atoms with E-state index >= 15 is 0 Å². The van der Waals surface area contributed by atoms with Crippen LogP contribution in [0.2, 0.25) is 0 Å². The summed E-state index contributed by atoms with van der Waals surface area (Å²) in [6.07, 6.45) is 7.55. The first kappa shape index (κ1) is 18.8. The van der Waals surface area contributed by atoms with E-state index in [1.807, 2.05) is 0 Å². The van der Waals surface area contributed by atoms with E-state index in [4.69, 9.17) is 4.99 Å². The molecule has 0 bridgehead atoms. The molecule has 1 fully saturated rings. The number of nitrogens with zero attached hydrogens (tertiary/aromatic N) is 2. The molecule has 140 valence electrons. The predicted molar refractivity (Wildman–Crippen MR) is 103 cm³/mol. The fraction of sp³-hybridized carbons (Fsp3) is 0.500. The molecule has 2 aromatic rings. The van der Waals surface area contributed by atoms with Crippen molar-refractivity contribution in [3.05, 3.63) is 51.5 Å². The maximum Gasteiger partial charge on any atom is 0.251 e. The quantitative estimate of drug-likeness (QED) is 0.780. The molecule has 0 aliphatic heterocycles. The summed E-state index contributed by atoms with van der Waals surface area (Å²) in [5.74, 6) is -0.533. The van der Waals surface area contributed by atoms with Gasteiger partial charge in [-0.15, -0.1) is 11.3 Å². The topological polar surface area (TPSA) is 46.4 Å². The normalized spacial score (nSPS) is 16.5. The minimum Gasteiger partial charge on any atom is -0.346 e. The highest BCUT2D eigenvalue weighted by Gasteiger charge is 2.13. The van der Waals surface area contributed by atoms with Crippen LogP contribution in [0.1, 0.15) is 61.5 Å². The summed E-state index contributed by atoms with van der Waals surface area (Å²) in [4.78, 5) is 18.3. The van der Waals surface area contributed by atoms with Gasteiger partial charge in [0.1, 0.15) is 5.82 Å². The van der Waals surface area contributed by atoms with E-state index in [1.165, 1.54) is 62.8 Å². The fourth-order valence-corrected chi connectivity index (χ4v) is 4.40. The third-order valence-electron chi connectivity index (χ3n) is 4.85. The van der Waals surface area contributed by atoms with Crippen LogP contribution < -0.4 is 10.1 Å². The number of carbonyl (C=O) groups is 1. The Kier molecular flexibility index (Phi) is 6.61. The molecule has 0 atom stereocenters. The Hall–Kier alpha value is -1.95. The lowest BCUT2D eigenvalue weighted by Crippen LogP contribution is -2.26. The maximum absolute atomic E-state index is 13.0. The van der Waals surface area contributed by atoms with Gasteiger partial charge < -0.3 is 9.88 Å². The lowest BCUT2D eigenvalue weighted by atomic mass is 10.1. The number of thiazole rings is 1. The molecule has 0 spiro atoms. The summed E-state index contributed by atoms with van der Waals surface area (Å²) in [7, 11) is 0. The molecule has 1 saturated carbocycles. The first-order valence-electron chi connectivity index (χ1n) is 9.42. The molecule has 4 nitrogen and oxygen atoms in total. The van der Waals surface area contributed by atoms with Crippen molar-refractivity contribution in [1.29, 1.82) is 0 Å². The second-order valence-corrected chi connectivity index (χ2v) is 7.55. The van der Waals surface area contributed by atoms with Gasteiger partial charge in [-0.1, -0.05) is 25.7 Å². The number of hydrogen-bond acceptors (Lipinski definition) is 3. The number of benzene rings is 1.